The minimum absolute atomic E-state index is 0.00551. The van der Waals surface area contributed by atoms with Gasteiger partial charge in [0.25, 0.3) is 0 Å². The lowest BCUT2D eigenvalue weighted by molar-refractivity contribution is -0.163. The summed E-state index contributed by atoms with van der Waals surface area (Å²) < 4.78 is 17.6. The second kappa shape index (κ2) is 11.6. The molecule has 9 nitrogen and oxygen atoms in total. The molecule has 0 radical (unpaired) electrons. The SMILES string of the molecule is CC(=O)O[C@H]1CC[C@@]2(C)C(=CC[C@H]3[C@@H]4C[C@H](OC(C)=O)[C@H]([C@H](C)[C@@H]5[C@@H](OC(C)=O)C[C@@H](C)CN5N=O)[C@@]4(C)CC[C@@H]32)C1. The van der Waals surface area contributed by atoms with Gasteiger partial charge in [0.15, 0.2) is 0 Å². The zero-order valence-electron chi connectivity index (χ0n) is 26.5. The average Bonchev–Trinajstić information content (AvgIpc) is 3.18. The average molecular weight is 587 g/mol. The maximum absolute atomic E-state index is 12.4. The number of esters is 3. The van der Waals surface area contributed by atoms with Crippen molar-refractivity contribution < 1.29 is 28.6 Å². The van der Waals surface area contributed by atoms with Gasteiger partial charge in [-0.05, 0) is 85.4 Å². The lowest BCUT2D eigenvalue weighted by atomic mass is 9.46. The number of fused-ring (bicyclic) bond motifs is 5. The normalized spacial score (nSPS) is 43.5. The molecule has 0 N–H and O–H groups in total. The molecule has 0 spiro atoms. The van der Waals surface area contributed by atoms with Crippen molar-refractivity contribution in [3.63, 3.8) is 0 Å². The van der Waals surface area contributed by atoms with E-state index >= 15 is 0 Å². The standard InChI is InChI=1S/C33H50N2O7/c1-18-14-29(42-22(5)38)31(35(17-18)34-39)19(2)30-28(41-21(4)37)16-27-25-9-8-23-15-24(40-20(3)36)10-12-32(23,6)26(25)11-13-33(27,30)7/h8,18-19,24-31H,9-17H2,1-7H3/t18-,19+,24+,25-,26+,27+,28+,29+,30+,31-,32+,33+/m1/s1. The highest BCUT2D eigenvalue weighted by molar-refractivity contribution is 5.67. The number of nitrogens with zero attached hydrogens (tertiary/aromatic N) is 2. The summed E-state index contributed by atoms with van der Waals surface area (Å²) in [5, 5.41) is 5.03. The van der Waals surface area contributed by atoms with Crippen LogP contribution in [0.3, 0.4) is 0 Å². The Bertz CT molecular complexity index is 1120. The van der Waals surface area contributed by atoms with E-state index in [1.165, 1.54) is 26.3 Å². The number of carbonyl (C=O) groups is 3. The second-order valence-corrected chi connectivity index (χ2v) is 14.7. The van der Waals surface area contributed by atoms with Crippen molar-refractivity contribution in [1.29, 1.82) is 0 Å². The van der Waals surface area contributed by atoms with E-state index in [0.29, 0.717) is 30.7 Å². The predicted octanol–water partition coefficient (Wildman–Crippen LogP) is 6.00. The maximum Gasteiger partial charge on any atom is 0.302 e. The Labute approximate surface area is 250 Å². The van der Waals surface area contributed by atoms with E-state index < -0.39 is 6.10 Å². The molecular formula is C33H50N2O7. The van der Waals surface area contributed by atoms with Crippen molar-refractivity contribution in [2.75, 3.05) is 6.54 Å². The first-order valence-electron chi connectivity index (χ1n) is 16.1. The highest BCUT2D eigenvalue weighted by atomic mass is 16.6. The molecule has 0 unspecified atom stereocenters. The summed E-state index contributed by atoms with van der Waals surface area (Å²) >= 11 is 0. The first-order chi connectivity index (χ1) is 19.8. The van der Waals surface area contributed by atoms with Crippen molar-refractivity contribution in [1.82, 2.24) is 5.01 Å². The number of allylic oxidation sites excluding steroid dienone is 1. The fourth-order valence-corrected chi connectivity index (χ4v) is 10.7. The van der Waals surface area contributed by atoms with Crippen LogP contribution < -0.4 is 0 Å². The number of nitroso groups, excluding NO2 is 1. The third kappa shape index (κ3) is 5.38. The highest BCUT2D eigenvalue weighted by Gasteiger charge is 2.64. The number of hydrogen-bond donors (Lipinski definition) is 0. The molecule has 0 aromatic carbocycles. The fourth-order valence-electron chi connectivity index (χ4n) is 10.7. The summed E-state index contributed by atoms with van der Waals surface area (Å²) in [5.74, 6) is 0.602. The minimum Gasteiger partial charge on any atom is -0.462 e. The molecule has 1 saturated heterocycles. The Morgan fingerprint density at radius 2 is 1.62 bits per heavy atom. The molecule has 0 aromatic heterocycles. The van der Waals surface area contributed by atoms with Crippen LogP contribution in [-0.4, -0.2) is 53.8 Å². The van der Waals surface area contributed by atoms with Gasteiger partial charge in [-0.25, -0.2) is 0 Å². The van der Waals surface area contributed by atoms with E-state index in [1.807, 2.05) is 0 Å². The zero-order valence-corrected chi connectivity index (χ0v) is 26.5. The molecule has 5 rings (SSSR count). The topological polar surface area (TPSA) is 112 Å². The fraction of sp³-hybridized carbons (Fsp3) is 0.848. The van der Waals surface area contributed by atoms with E-state index in [9.17, 15) is 19.3 Å². The van der Waals surface area contributed by atoms with Crippen LogP contribution >= 0.6 is 0 Å². The van der Waals surface area contributed by atoms with Gasteiger partial charge in [-0.3, -0.25) is 19.4 Å². The lowest BCUT2D eigenvalue weighted by Crippen LogP contribution is -2.57. The Balaban J connectivity index is 1.46. The van der Waals surface area contributed by atoms with E-state index in [1.54, 1.807) is 5.01 Å². The number of ether oxygens (including phenoxy) is 3. The van der Waals surface area contributed by atoms with Crippen molar-refractivity contribution >= 4 is 17.9 Å². The van der Waals surface area contributed by atoms with E-state index in [-0.39, 0.29) is 64.7 Å². The molecule has 4 fully saturated rings. The summed E-state index contributed by atoms with van der Waals surface area (Å²) in [5.41, 5.74) is 1.42. The highest BCUT2D eigenvalue weighted by Crippen LogP contribution is 2.68. The van der Waals surface area contributed by atoms with E-state index in [0.717, 1.165) is 44.9 Å². The van der Waals surface area contributed by atoms with Crippen molar-refractivity contribution in [2.24, 2.45) is 51.6 Å². The predicted molar refractivity (Wildman–Crippen MR) is 156 cm³/mol. The van der Waals surface area contributed by atoms with Crippen molar-refractivity contribution in [3.05, 3.63) is 16.6 Å². The van der Waals surface area contributed by atoms with Crippen LogP contribution in [0, 0.1) is 51.2 Å². The molecule has 42 heavy (non-hydrogen) atoms. The minimum atomic E-state index is -0.442. The summed E-state index contributed by atoms with van der Waals surface area (Å²) in [6, 6.07) is -0.370. The third-order valence-corrected chi connectivity index (χ3v) is 12.2. The molecule has 12 atom stereocenters. The second-order valence-electron chi connectivity index (χ2n) is 14.7. The third-order valence-electron chi connectivity index (χ3n) is 12.2. The van der Waals surface area contributed by atoms with Gasteiger partial charge in [-0.2, -0.15) is 0 Å². The van der Waals surface area contributed by atoms with Gasteiger partial charge in [0, 0.05) is 39.7 Å². The molecule has 5 aliphatic rings. The number of carbonyl (C=O) groups excluding carboxylic acids is 3. The van der Waals surface area contributed by atoms with Gasteiger partial charge in [-0.1, -0.05) is 39.3 Å². The largest absolute Gasteiger partial charge is 0.462 e. The van der Waals surface area contributed by atoms with Gasteiger partial charge in [0.1, 0.15) is 18.3 Å². The Hall–Kier alpha value is -2.45. The summed E-state index contributed by atoms with van der Waals surface area (Å²) in [6.07, 6.45) is 8.97. The quantitative estimate of drug-likeness (QED) is 0.161. The van der Waals surface area contributed by atoms with Crippen LogP contribution in [0.15, 0.2) is 16.9 Å². The maximum atomic E-state index is 12.4. The van der Waals surface area contributed by atoms with E-state index in [2.05, 4.69) is 39.1 Å². The van der Waals surface area contributed by atoms with Gasteiger partial charge in [0.2, 0.25) is 0 Å². The summed E-state index contributed by atoms with van der Waals surface area (Å²) in [4.78, 5) is 48.4. The molecule has 4 aliphatic carbocycles. The first-order valence-corrected chi connectivity index (χ1v) is 16.1. The van der Waals surface area contributed by atoms with Gasteiger partial charge in [0.05, 0.1) is 11.3 Å². The monoisotopic (exact) mass is 586 g/mol. The molecule has 0 bridgehead atoms. The van der Waals surface area contributed by atoms with Gasteiger partial charge < -0.3 is 14.2 Å². The van der Waals surface area contributed by atoms with E-state index in [4.69, 9.17) is 14.2 Å². The number of rotatable bonds is 6. The van der Waals surface area contributed by atoms with Crippen LogP contribution in [-0.2, 0) is 28.6 Å². The number of hydrogen-bond acceptors (Lipinski definition) is 8. The Morgan fingerprint density at radius 3 is 2.26 bits per heavy atom. The van der Waals surface area contributed by atoms with Gasteiger partial charge >= 0.3 is 17.9 Å². The molecule has 3 saturated carbocycles. The Morgan fingerprint density at radius 1 is 0.952 bits per heavy atom. The molecule has 0 amide bonds. The molecule has 1 aliphatic heterocycles. The summed E-state index contributed by atoms with van der Waals surface area (Å²) in [7, 11) is 0. The molecule has 9 heteroatoms. The smallest absolute Gasteiger partial charge is 0.302 e. The Kier molecular flexibility index (Phi) is 8.53. The number of piperidine rings is 1. The van der Waals surface area contributed by atoms with Crippen LogP contribution in [0.2, 0.25) is 0 Å². The van der Waals surface area contributed by atoms with Crippen molar-refractivity contribution in [2.45, 2.75) is 124 Å². The zero-order chi connectivity index (χ0) is 30.6. The molecule has 0 aromatic rings. The van der Waals surface area contributed by atoms with Crippen molar-refractivity contribution in [3.8, 4) is 0 Å². The first kappa shape index (κ1) is 31.0. The summed E-state index contributed by atoms with van der Waals surface area (Å²) in [6.45, 7) is 13.9. The lowest BCUT2D eigenvalue weighted by Gasteiger charge is -2.58. The van der Waals surface area contributed by atoms with Crippen LogP contribution in [0.5, 0.6) is 0 Å². The van der Waals surface area contributed by atoms with Crippen LogP contribution in [0.4, 0.5) is 0 Å². The molecule has 1 heterocycles. The van der Waals surface area contributed by atoms with Crippen LogP contribution in [0.1, 0.15) is 99.8 Å². The van der Waals surface area contributed by atoms with Gasteiger partial charge in [-0.15, -0.1) is 4.91 Å². The molecular weight excluding hydrogens is 536 g/mol. The van der Waals surface area contributed by atoms with Crippen LogP contribution in [0.25, 0.3) is 0 Å². The molecule has 234 valence electrons.